The molecule has 74 valence electrons. The Morgan fingerprint density at radius 3 is 2.36 bits per heavy atom. The maximum atomic E-state index is 4.11. The van der Waals surface area contributed by atoms with Gasteiger partial charge in [0.15, 0.2) is 0 Å². The lowest BCUT2D eigenvalue weighted by Gasteiger charge is -2.04. The van der Waals surface area contributed by atoms with E-state index in [0.717, 1.165) is 19.8 Å². The Balaban J connectivity index is 1.65. The number of nitrogens with one attached hydrogen (secondary N) is 1. The summed E-state index contributed by atoms with van der Waals surface area (Å²) in [4.78, 5) is 0. The van der Waals surface area contributed by atoms with Crippen molar-refractivity contribution in [2.24, 2.45) is 0 Å². The SMILES string of the molecule is c1cnn(CCNCn2cccn2)c1. The summed E-state index contributed by atoms with van der Waals surface area (Å²) in [5.41, 5.74) is 0. The van der Waals surface area contributed by atoms with Crippen molar-refractivity contribution < 1.29 is 0 Å². The fourth-order valence-corrected chi connectivity index (χ4v) is 1.21. The van der Waals surface area contributed by atoms with Crippen molar-refractivity contribution in [3.63, 3.8) is 0 Å². The molecule has 5 heteroatoms. The molecule has 5 nitrogen and oxygen atoms in total. The first-order valence-electron chi connectivity index (χ1n) is 4.61. The molecule has 0 saturated heterocycles. The van der Waals surface area contributed by atoms with Gasteiger partial charge in [-0.2, -0.15) is 10.2 Å². The van der Waals surface area contributed by atoms with Crippen LogP contribution in [-0.4, -0.2) is 26.1 Å². The molecule has 0 bridgehead atoms. The second kappa shape index (κ2) is 4.57. The third-order valence-electron chi connectivity index (χ3n) is 1.91. The average Bonchev–Trinajstić information content (AvgIpc) is 2.86. The van der Waals surface area contributed by atoms with Gasteiger partial charge < -0.3 is 0 Å². The van der Waals surface area contributed by atoms with E-state index in [4.69, 9.17) is 0 Å². The van der Waals surface area contributed by atoms with E-state index in [1.807, 2.05) is 33.9 Å². The highest BCUT2D eigenvalue weighted by Crippen LogP contribution is 1.84. The molecular weight excluding hydrogens is 178 g/mol. The van der Waals surface area contributed by atoms with E-state index in [0.29, 0.717) is 0 Å². The van der Waals surface area contributed by atoms with Crippen LogP contribution in [0.25, 0.3) is 0 Å². The van der Waals surface area contributed by atoms with E-state index in [2.05, 4.69) is 15.5 Å². The Kier molecular flexibility index (Phi) is 2.92. The van der Waals surface area contributed by atoms with Gasteiger partial charge in [-0.3, -0.25) is 14.7 Å². The number of aromatic nitrogens is 4. The number of nitrogens with zero attached hydrogens (tertiary/aromatic N) is 4. The van der Waals surface area contributed by atoms with Crippen LogP contribution in [0, 0.1) is 0 Å². The largest absolute Gasteiger partial charge is 0.296 e. The molecule has 2 rings (SSSR count). The summed E-state index contributed by atoms with van der Waals surface area (Å²) >= 11 is 0. The third-order valence-corrected chi connectivity index (χ3v) is 1.91. The zero-order chi connectivity index (χ0) is 9.64. The smallest absolute Gasteiger partial charge is 0.0904 e. The predicted octanol–water partition coefficient (Wildman–Crippen LogP) is 0.327. The number of rotatable bonds is 5. The lowest BCUT2D eigenvalue weighted by molar-refractivity contribution is 0.476. The van der Waals surface area contributed by atoms with Crippen molar-refractivity contribution in [2.75, 3.05) is 6.54 Å². The Hall–Kier alpha value is -1.62. The second-order valence-corrected chi connectivity index (χ2v) is 2.97. The first-order valence-corrected chi connectivity index (χ1v) is 4.61. The van der Waals surface area contributed by atoms with Crippen LogP contribution < -0.4 is 5.32 Å². The molecular formula is C9H13N5. The van der Waals surface area contributed by atoms with Gasteiger partial charge in [0.05, 0.1) is 13.2 Å². The highest BCUT2D eigenvalue weighted by atomic mass is 15.3. The second-order valence-electron chi connectivity index (χ2n) is 2.97. The molecule has 0 amide bonds. The van der Waals surface area contributed by atoms with Crippen LogP contribution in [-0.2, 0) is 13.2 Å². The van der Waals surface area contributed by atoms with Crippen molar-refractivity contribution in [3.05, 3.63) is 36.9 Å². The molecule has 2 heterocycles. The van der Waals surface area contributed by atoms with Gasteiger partial charge >= 0.3 is 0 Å². The van der Waals surface area contributed by atoms with E-state index < -0.39 is 0 Å². The summed E-state index contributed by atoms with van der Waals surface area (Å²) in [6, 6.07) is 3.84. The molecule has 0 fully saturated rings. The Labute approximate surface area is 82.3 Å². The highest BCUT2D eigenvalue weighted by molar-refractivity contribution is 4.78. The van der Waals surface area contributed by atoms with E-state index in [-0.39, 0.29) is 0 Å². The monoisotopic (exact) mass is 191 g/mol. The molecule has 2 aromatic heterocycles. The third kappa shape index (κ3) is 2.43. The maximum Gasteiger partial charge on any atom is 0.0904 e. The topological polar surface area (TPSA) is 47.7 Å². The Bertz CT molecular complexity index is 301. The first-order chi connectivity index (χ1) is 6.95. The minimum absolute atomic E-state index is 0.744. The van der Waals surface area contributed by atoms with E-state index >= 15 is 0 Å². The van der Waals surface area contributed by atoms with Gasteiger partial charge in [0.1, 0.15) is 0 Å². The van der Waals surface area contributed by atoms with Gasteiger partial charge in [-0.1, -0.05) is 0 Å². The quantitative estimate of drug-likeness (QED) is 0.693. The zero-order valence-electron chi connectivity index (χ0n) is 7.87. The molecule has 0 aliphatic carbocycles. The molecule has 14 heavy (non-hydrogen) atoms. The van der Waals surface area contributed by atoms with Gasteiger partial charge in [0, 0.05) is 31.3 Å². The van der Waals surface area contributed by atoms with Gasteiger partial charge in [-0.05, 0) is 12.1 Å². The molecule has 0 spiro atoms. The van der Waals surface area contributed by atoms with Crippen LogP contribution in [0.3, 0.4) is 0 Å². The predicted molar refractivity (Wildman–Crippen MR) is 52.5 cm³/mol. The van der Waals surface area contributed by atoms with Crippen molar-refractivity contribution in [1.82, 2.24) is 24.9 Å². The molecule has 0 saturated carbocycles. The van der Waals surface area contributed by atoms with Crippen molar-refractivity contribution in [1.29, 1.82) is 0 Å². The molecule has 0 unspecified atom stereocenters. The van der Waals surface area contributed by atoms with Crippen molar-refractivity contribution in [3.8, 4) is 0 Å². The van der Waals surface area contributed by atoms with Crippen LogP contribution in [0.4, 0.5) is 0 Å². The fourth-order valence-electron chi connectivity index (χ4n) is 1.21. The van der Waals surface area contributed by atoms with Crippen molar-refractivity contribution in [2.45, 2.75) is 13.2 Å². The summed E-state index contributed by atoms with van der Waals surface area (Å²) in [6.07, 6.45) is 7.44. The number of hydrogen-bond acceptors (Lipinski definition) is 3. The molecule has 0 aliphatic heterocycles. The minimum atomic E-state index is 0.744. The van der Waals surface area contributed by atoms with Gasteiger partial charge in [0.2, 0.25) is 0 Å². The van der Waals surface area contributed by atoms with Gasteiger partial charge in [0.25, 0.3) is 0 Å². The fraction of sp³-hybridized carbons (Fsp3) is 0.333. The molecule has 0 aliphatic rings. The summed E-state index contributed by atoms with van der Waals surface area (Å²) in [5, 5.41) is 11.5. The summed E-state index contributed by atoms with van der Waals surface area (Å²) in [7, 11) is 0. The van der Waals surface area contributed by atoms with Crippen LogP contribution in [0.5, 0.6) is 0 Å². The molecule has 2 aromatic rings. The Morgan fingerprint density at radius 2 is 1.71 bits per heavy atom. The van der Waals surface area contributed by atoms with Crippen LogP contribution >= 0.6 is 0 Å². The lowest BCUT2D eigenvalue weighted by Crippen LogP contribution is -2.23. The Morgan fingerprint density at radius 1 is 1.00 bits per heavy atom. The normalized spacial score (nSPS) is 10.6. The maximum absolute atomic E-state index is 4.11. The minimum Gasteiger partial charge on any atom is -0.296 e. The van der Waals surface area contributed by atoms with Crippen LogP contribution in [0.15, 0.2) is 36.9 Å². The molecule has 1 N–H and O–H groups in total. The first kappa shape index (κ1) is 8.96. The van der Waals surface area contributed by atoms with E-state index in [9.17, 15) is 0 Å². The van der Waals surface area contributed by atoms with Crippen molar-refractivity contribution >= 4 is 0 Å². The summed E-state index contributed by atoms with van der Waals surface area (Å²) in [5.74, 6) is 0. The molecule has 0 radical (unpaired) electrons. The van der Waals surface area contributed by atoms with Gasteiger partial charge in [-0.25, -0.2) is 0 Å². The van der Waals surface area contributed by atoms with Gasteiger partial charge in [-0.15, -0.1) is 0 Å². The van der Waals surface area contributed by atoms with E-state index in [1.165, 1.54) is 0 Å². The highest BCUT2D eigenvalue weighted by Gasteiger charge is 1.91. The standard InChI is InChI=1S/C9H13N5/c1-3-11-13(6-1)8-5-10-9-14-7-2-4-12-14/h1-4,6-7,10H,5,8-9H2. The molecule has 0 aromatic carbocycles. The average molecular weight is 191 g/mol. The van der Waals surface area contributed by atoms with Crippen LogP contribution in [0.2, 0.25) is 0 Å². The van der Waals surface area contributed by atoms with E-state index in [1.54, 1.807) is 12.4 Å². The summed E-state index contributed by atoms with van der Waals surface area (Å²) in [6.45, 7) is 2.52. The summed E-state index contributed by atoms with van der Waals surface area (Å²) < 4.78 is 3.75. The lowest BCUT2D eigenvalue weighted by atomic mass is 10.6. The number of hydrogen-bond donors (Lipinski definition) is 1. The van der Waals surface area contributed by atoms with Crippen LogP contribution in [0.1, 0.15) is 0 Å². The zero-order valence-corrected chi connectivity index (χ0v) is 7.87. The molecule has 0 atom stereocenters.